The highest BCUT2D eigenvalue weighted by molar-refractivity contribution is 6.10. The second-order valence-corrected chi connectivity index (χ2v) is 6.41. The monoisotopic (exact) mass is 324 g/mol. The Balaban J connectivity index is 1.90. The Morgan fingerprint density at radius 1 is 1.17 bits per heavy atom. The molecular weight excluding hydrogens is 304 g/mol. The van der Waals surface area contributed by atoms with Crippen LogP contribution in [-0.2, 0) is 10.2 Å². The number of hydrogen-bond acceptors (Lipinski definition) is 3. The van der Waals surface area contributed by atoms with Gasteiger partial charge >= 0.3 is 0 Å². The number of likely N-dealkylation sites (N-methyl/N-ethyl adjacent to an activating group) is 1. The molecule has 24 heavy (non-hydrogen) atoms. The molecule has 124 valence electrons. The average molecular weight is 324 g/mol. The van der Waals surface area contributed by atoms with Gasteiger partial charge in [-0.1, -0.05) is 6.07 Å². The van der Waals surface area contributed by atoms with Crippen molar-refractivity contribution in [1.82, 2.24) is 0 Å². The van der Waals surface area contributed by atoms with Gasteiger partial charge in [-0.05, 0) is 49.7 Å². The fourth-order valence-electron chi connectivity index (χ4n) is 3.02. The van der Waals surface area contributed by atoms with Crippen molar-refractivity contribution in [3.05, 3.63) is 53.6 Å². The van der Waals surface area contributed by atoms with Crippen molar-refractivity contribution in [3.63, 3.8) is 0 Å². The Morgan fingerprint density at radius 2 is 1.92 bits per heavy atom. The summed E-state index contributed by atoms with van der Waals surface area (Å²) in [6, 6.07) is 12.5. The molecule has 2 aromatic carbocycles. The molecule has 1 aliphatic rings. The first-order valence-electron chi connectivity index (χ1n) is 7.72. The summed E-state index contributed by atoms with van der Waals surface area (Å²) in [6.07, 6.45) is 0. The lowest BCUT2D eigenvalue weighted by Crippen LogP contribution is -2.33. The van der Waals surface area contributed by atoms with Crippen LogP contribution in [0, 0.1) is 0 Å². The number of hydrogen-bond donors (Lipinski definition) is 1. The quantitative estimate of drug-likeness (QED) is 0.943. The van der Waals surface area contributed by atoms with Crippen LogP contribution in [0.25, 0.3) is 0 Å². The highest BCUT2D eigenvalue weighted by atomic mass is 16.5. The topological polar surface area (TPSA) is 58.6 Å². The molecule has 0 fully saturated rings. The third-order valence-corrected chi connectivity index (χ3v) is 4.46. The zero-order chi connectivity index (χ0) is 17.5. The smallest absolute Gasteiger partial charge is 0.255 e. The molecule has 0 saturated carbocycles. The van der Waals surface area contributed by atoms with Gasteiger partial charge in [0.25, 0.3) is 5.91 Å². The van der Waals surface area contributed by atoms with Gasteiger partial charge < -0.3 is 15.0 Å². The number of methoxy groups -OCH3 is 1. The van der Waals surface area contributed by atoms with E-state index in [1.807, 2.05) is 32.0 Å². The molecule has 0 aromatic heterocycles. The fourth-order valence-corrected chi connectivity index (χ4v) is 3.02. The number of fused-ring (bicyclic) bond motifs is 1. The Morgan fingerprint density at radius 3 is 2.62 bits per heavy atom. The van der Waals surface area contributed by atoms with Gasteiger partial charge in [-0.15, -0.1) is 0 Å². The molecule has 1 N–H and O–H groups in total. The predicted octanol–water partition coefficient (Wildman–Crippen LogP) is 3.20. The maximum absolute atomic E-state index is 12.5. The molecule has 3 rings (SSSR count). The van der Waals surface area contributed by atoms with Gasteiger partial charge in [0.05, 0.1) is 12.5 Å². The van der Waals surface area contributed by atoms with E-state index in [-0.39, 0.29) is 11.8 Å². The van der Waals surface area contributed by atoms with Gasteiger partial charge in [-0.2, -0.15) is 0 Å². The summed E-state index contributed by atoms with van der Waals surface area (Å²) in [5.74, 6) is 0.488. The van der Waals surface area contributed by atoms with E-state index in [0.29, 0.717) is 17.0 Å². The highest BCUT2D eigenvalue weighted by Crippen LogP contribution is 2.41. The molecule has 0 bridgehead atoms. The molecule has 1 heterocycles. The number of carbonyl (C=O) groups is 2. The van der Waals surface area contributed by atoms with Crippen molar-refractivity contribution in [2.75, 3.05) is 24.4 Å². The van der Waals surface area contributed by atoms with Crippen LogP contribution in [0.4, 0.5) is 11.4 Å². The number of ether oxygens (including phenoxy) is 1. The van der Waals surface area contributed by atoms with E-state index in [2.05, 4.69) is 5.32 Å². The number of nitrogens with one attached hydrogen (secondary N) is 1. The SMILES string of the molecule is COc1cccc(NC(=O)c2ccc3c(c2)C(C)(C)C(=O)N3C)c1. The average Bonchev–Trinajstić information content (AvgIpc) is 2.75. The molecule has 0 unspecified atom stereocenters. The van der Waals surface area contributed by atoms with Crippen LogP contribution >= 0.6 is 0 Å². The second kappa shape index (κ2) is 5.67. The largest absolute Gasteiger partial charge is 0.497 e. The first-order valence-corrected chi connectivity index (χ1v) is 7.72. The van der Waals surface area contributed by atoms with Crippen LogP contribution in [0.15, 0.2) is 42.5 Å². The summed E-state index contributed by atoms with van der Waals surface area (Å²) >= 11 is 0. The number of carbonyl (C=O) groups excluding carboxylic acids is 2. The summed E-state index contributed by atoms with van der Waals surface area (Å²) in [5, 5.41) is 2.86. The van der Waals surface area contributed by atoms with Crippen LogP contribution in [0.1, 0.15) is 29.8 Å². The summed E-state index contributed by atoms with van der Waals surface area (Å²) in [4.78, 5) is 26.5. The van der Waals surface area contributed by atoms with Gasteiger partial charge in [0, 0.05) is 30.1 Å². The molecule has 1 aliphatic heterocycles. The van der Waals surface area contributed by atoms with Gasteiger partial charge in [0.15, 0.2) is 0 Å². The Hall–Kier alpha value is -2.82. The molecule has 0 saturated heterocycles. The first-order chi connectivity index (χ1) is 11.3. The van der Waals surface area contributed by atoms with Crippen LogP contribution in [0.3, 0.4) is 0 Å². The number of amides is 2. The van der Waals surface area contributed by atoms with Crippen LogP contribution in [0.5, 0.6) is 5.75 Å². The molecule has 2 aromatic rings. The third-order valence-electron chi connectivity index (χ3n) is 4.46. The minimum atomic E-state index is -0.629. The highest BCUT2D eigenvalue weighted by Gasteiger charge is 2.42. The number of rotatable bonds is 3. The first kappa shape index (κ1) is 16.1. The zero-order valence-electron chi connectivity index (χ0n) is 14.2. The molecule has 0 atom stereocenters. The predicted molar refractivity (Wildman–Crippen MR) is 93.8 cm³/mol. The Bertz CT molecular complexity index is 827. The van der Waals surface area contributed by atoms with E-state index < -0.39 is 5.41 Å². The van der Waals surface area contributed by atoms with Crippen molar-refractivity contribution in [2.24, 2.45) is 0 Å². The standard InChI is InChI=1S/C19H20N2O3/c1-19(2)15-10-12(8-9-16(15)21(3)18(19)23)17(22)20-13-6-5-7-14(11-13)24-4/h5-11H,1-4H3,(H,20,22). The zero-order valence-corrected chi connectivity index (χ0v) is 14.2. The molecule has 5 heteroatoms. The van der Waals surface area contributed by atoms with Gasteiger partial charge in [-0.3, -0.25) is 9.59 Å². The maximum Gasteiger partial charge on any atom is 0.255 e. The fraction of sp³-hybridized carbons (Fsp3) is 0.263. The van der Waals surface area contributed by atoms with E-state index in [9.17, 15) is 9.59 Å². The maximum atomic E-state index is 12.5. The lowest BCUT2D eigenvalue weighted by Gasteiger charge is -2.16. The molecule has 2 amide bonds. The van der Waals surface area contributed by atoms with Crippen LogP contribution in [0.2, 0.25) is 0 Å². The van der Waals surface area contributed by atoms with Crippen molar-refractivity contribution < 1.29 is 14.3 Å². The Labute approximate surface area is 141 Å². The van der Waals surface area contributed by atoms with Crippen molar-refractivity contribution in [3.8, 4) is 5.75 Å². The van der Waals surface area contributed by atoms with E-state index in [0.717, 1.165) is 11.3 Å². The summed E-state index contributed by atoms with van der Waals surface area (Å²) in [5.41, 5.74) is 2.27. The van der Waals surface area contributed by atoms with Crippen molar-refractivity contribution in [1.29, 1.82) is 0 Å². The van der Waals surface area contributed by atoms with Gasteiger partial charge in [-0.25, -0.2) is 0 Å². The van der Waals surface area contributed by atoms with Crippen LogP contribution in [-0.4, -0.2) is 26.0 Å². The van der Waals surface area contributed by atoms with Crippen molar-refractivity contribution >= 4 is 23.2 Å². The normalized spacial score (nSPS) is 15.2. The minimum Gasteiger partial charge on any atom is -0.497 e. The lowest BCUT2D eigenvalue weighted by atomic mass is 9.85. The Kier molecular flexibility index (Phi) is 3.79. The van der Waals surface area contributed by atoms with Gasteiger partial charge in [0.1, 0.15) is 5.75 Å². The minimum absolute atomic E-state index is 0.0304. The summed E-state index contributed by atoms with van der Waals surface area (Å²) in [6.45, 7) is 3.75. The number of nitrogens with zero attached hydrogens (tertiary/aromatic N) is 1. The molecule has 0 spiro atoms. The second-order valence-electron chi connectivity index (χ2n) is 6.41. The van der Waals surface area contributed by atoms with E-state index in [1.165, 1.54) is 0 Å². The summed E-state index contributed by atoms with van der Waals surface area (Å²) < 4.78 is 5.16. The van der Waals surface area contributed by atoms with Gasteiger partial charge in [0.2, 0.25) is 5.91 Å². The number of anilines is 2. The van der Waals surface area contributed by atoms with E-state index >= 15 is 0 Å². The lowest BCUT2D eigenvalue weighted by molar-refractivity contribution is -0.121. The molecule has 5 nitrogen and oxygen atoms in total. The molecular formula is C19H20N2O3. The summed E-state index contributed by atoms with van der Waals surface area (Å²) in [7, 11) is 3.34. The van der Waals surface area contributed by atoms with Crippen molar-refractivity contribution in [2.45, 2.75) is 19.3 Å². The molecule has 0 aliphatic carbocycles. The molecule has 0 radical (unpaired) electrons. The van der Waals surface area contributed by atoms with E-state index in [4.69, 9.17) is 4.74 Å². The van der Waals surface area contributed by atoms with E-state index in [1.54, 1.807) is 43.3 Å². The number of benzene rings is 2. The third kappa shape index (κ3) is 2.52. The van der Waals surface area contributed by atoms with Crippen LogP contribution < -0.4 is 15.0 Å².